The molecule has 0 saturated heterocycles. The van der Waals surface area contributed by atoms with Crippen LogP contribution in [0.2, 0.25) is 0 Å². The largest absolute Gasteiger partial charge is 0.460 e. The lowest BCUT2D eigenvalue weighted by Gasteiger charge is -2.33. The van der Waals surface area contributed by atoms with E-state index in [0.717, 1.165) is 131 Å². The van der Waals surface area contributed by atoms with Gasteiger partial charge in [-0.25, -0.2) is 29.9 Å². The lowest BCUT2D eigenvalue weighted by atomic mass is 10.2. The van der Waals surface area contributed by atoms with Gasteiger partial charge >= 0.3 is 23.0 Å². The summed E-state index contributed by atoms with van der Waals surface area (Å²) in [7, 11) is -14.4. The average molecular weight is 1690 g/mol. The topological polar surface area (TPSA) is 199 Å². The summed E-state index contributed by atoms with van der Waals surface area (Å²) >= 11 is 0. The molecule has 12 aromatic carbocycles. The second kappa shape index (κ2) is 29.0. The fraction of sp³-hybridized carbons (Fsp3) is 0. The van der Waals surface area contributed by atoms with Gasteiger partial charge in [-0.05, 0) is 146 Å². The molecule has 0 atom stereocenters. The van der Waals surface area contributed by atoms with Gasteiger partial charge in [0, 0.05) is 64.6 Å². The van der Waals surface area contributed by atoms with Gasteiger partial charge in [0.25, 0.3) is 0 Å². The molecule has 21 nitrogen and oxygen atoms in total. The quantitative estimate of drug-likeness (QED) is 0.0737. The summed E-state index contributed by atoms with van der Waals surface area (Å²) in [6.07, 6.45) is 9.82. The normalized spacial score (nSPS) is 13.6. The Morgan fingerprint density at radius 3 is 0.373 bits per heavy atom. The number of para-hydroxylation sites is 12. The summed E-state index contributed by atoms with van der Waals surface area (Å²) in [5, 5.41) is 12.8. The van der Waals surface area contributed by atoms with E-state index in [4.69, 9.17) is 70.6 Å². The third-order valence-corrected chi connectivity index (χ3v) is 31.3. The van der Waals surface area contributed by atoms with E-state index >= 15 is 0 Å². The second-order valence-electron chi connectivity index (χ2n) is 30.6. The summed E-state index contributed by atoms with van der Waals surface area (Å²) in [5.74, 6) is 4.71. The molecule has 0 N–H and O–H groups in total. The molecule has 0 aliphatic carbocycles. The molecule has 24 heteroatoms. The maximum atomic E-state index is 7.72. The lowest BCUT2D eigenvalue weighted by Crippen LogP contribution is -2.12. The number of rotatable bonds is 18. The van der Waals surface area contributed by atoms with Crippen molar-refractivity contribution in [1.82, 2.24) is 57.3 Å². The van der Waals surface area contributed by atoms with E-state index in [1.54, 1.807) is 37.2 Å². The Bertz CT molecular complexity index is 7100. The number of benzene rings is 12. The molecule has 13 heterocycles. The highest BCUT2D eigenvalue weighted by molar-refractivity contribution is 7.79. The van der Waals surface area contributed by atoms with E-state index in [1.807, 2.05) is 218 Å². The number of hydrogen-bond acceptors (Lipinski definition) is 15. The lowest BCUT2D eigenvalue weighted by molar-refractivity contribution is 0.440. The van der Waals surface area contributed by atoms with Crippen LogP contribution in [0.25, 0.3) is 166 Å². The monoisotopic (exact) mass is 1690 g/mol. The number of aromatic nitrogens is 12. The van der Waals surface area contributed by atoms with Crippen molar-refractivity contribution in [3.05, 3.63) is 401 Å². The highest BCUT2D eigenvalue weighted by atomic mass is 31.3. The molecule has 0 bridgehead atoms. The van der Waals surface area contributed by atoms with E-state index in [-0.39, 0.29) is 34.5 Å². The van der Waals surface area contributed by atoms with E-state index in [2.05, 4.69) is 173 Å². The molecule has 1 aliphatic rings. The van der Waals surface area contributed by atoms with Gasteiger partial charge in [0.15, 0.2) is 0 Å². The zero-order valence-corrected chi connectivity index (χ0v) is 69.3. The zero-order valence-electron chi connectivity index (χ0n) is 66.6. The SMILES string of the molecule is c1ccc2c(c1)c1ccccc1n2-c1ccc(OP2(Oc3ccc(-n4c5ccccc5c5ccccc54)nc3)=NP(Oc3ccc(-n4c5ccccc5c5ccccc54)nc3)(Oc3ccc(-n4c5ccccc5c5ccccc54)nc3)=NP(Oc3ccc(-n4c5ccccc5c5ccccc54)nc3)(Oc3ccc(-n4c5ccccc5c5ccccc54)nc3)=N2)cn1. The number of fused-ring (bicyclic) bond motifs is 18. The third kappa shape index (κ3) is 12.0. The Hall–Kier alpha value is -16.2. The summed E-state index contributed by atoms with van der Waals surface area (Å²) < 4.78 is 76.6. The van der Waals surface area contributed by atoms with Crippen LogP contribution in [0.5, 0.6) is 34.5 Å². The molecule has 0 fully saturated rings. The van der Waals surface area contributed by atoms with Crippen LogP contribution < -0.4 is 27.1 Å². The fourth-order valence-electron chi connectivity index (χ4n) is 17.9. The molecule has 25 rings (SSSR count). The first kappa shape index (κ1) is 72.6. The fourth-order valence-corrected chi connectivity index (χ4v) is 26.9. The first-order valence-electron chi connectivity index (χ1n) is 41.1. The third-order valence-electron chi connectivity index (χ3n) is 23.2. The van der Waals surface area contributed by atoms with Crippen LogP contribution in [0.3, 0.4) is 0 Å². The number of hydrogen-bond donors (Lipinski definition) is 0. The molecule has 0 saturated carbocycles. The van der Waals surface area contributed by atoms with Crippen molar-refractivity contribution >= 4 is 154 Å². The molecular weight excluding hydrogens is 1620 g/mol. The first-order valence-corrected chi connectivity index (χ1v) is 45.7. The molecule has 24 aromatic rings. The summed E-state index contributed by atoms with van der Waals surface area (Å²) in [6.45, 7) is 0. The highest BCUT2D eigenvalue weighted by Crippen LogP contribution is 2.79. The molecule has 126 heavy (non-hydrogen) atoms. The Labute approximate surface area is 717 Å². The van der Waals surface area contributed by atoms with Crippen LogP contribution in [0, 0.1) is 0 Å². The van der Waals surface area contributed by atoms with Crippen molar-refractivity contribution in [2.75, 3.05) is 0 Å². The van der Waals surface area contributed by atoms with Crippen molar-refractivity contribution < 1.29 is 27.1 Å². The van der Waals surface area contributed by atoms with E-state index in [1.165, 1.54) is 0 Å². The van der Waals surface area contributed by atoms with E-state index in [9.17, 15) is 0 Å². The van der Waals surface area contributed by atoms with Crippen LogP contribution in [0.15, 0.2) is 415 Å². The van der Waals surface area contributed by atoms with Crippen LogP contribution in [0.1, 0.15) is 0 Å². The maximum Gasteiger partial charge on any atom is 0.460 e. The second-order valence-corrected chi connectivity index (χ2v) is 36.8. The molecule has 12 aromatic heterocycles. The van der Waals surface area contributed by atoms with Crippen LogP contribution in [-0.4, -0.2) is 57.3 Å². The van der Waals surface area contributed by atoms with Gasteiger partial charge in [-0.1, -0.05) is 232 Å². The minimum absolute atomic E-state index is 0.178. The Morgan fingerprint density at radius 2 is 0.262 bits per heavy atom. The van der Waals surface area contributed by atoms with Crippen molar-refractivity contribution in [3.8, 4) is 69.4 Å². The van der Waals surface area contributed by atoms with Crippen LogP contribution in [0.4, 0.5) is 0 Å². The van der Waals surface area contributed by atoms with E-state index in [0.29, 0.717) is 34.9 Å². The summed E-state index contributed by atoms with van der Waals surface area (Å²) in [5.41, 5.74) is 11.5. The van der Waals surface area contributed by atoms with Gasteiger partial charge in [0.2, 0.25) is 0 Å². The molecule has 0 amide bonds. The molecular formula is C102H66N15O6P3. The Morgan fingerprint density at radius 1 is 0.143 bits per heavy atom. The minimum Gasteiger partial charge on any atom is -0.412 e. The smallest absolute Gasteiger partial charge is 0.412 e. The summed E-state index contributed by atoms with van der Waals surface area (Å²) in [4.78, 5) is 31.5. The highest BCUT2D eigenvalue weighted by Gasteiger charge is 2.50. The molecule has 0 radical (unpaired) electrons. The van der Waals surface area contributed by atoms with Gasteiger partial charge in [-0.15, -0.1) is 0 Å². The number of nitrogens with zero attached hydrogens (tertiary/aromatic N) is 15. The van der Waals surface area contributed by atoms with Gasteiger partial charge in [-0.2, -0.15) is 0 Å². The molecule has 0 unspecified atom stereocenters. The minimum atomic E-state index is -4.78. The van der Waals surface area contributed by atoms with Gasteiger partial charge in [0.1, 0.15) is 69.4 Å². The van der Waals surface area contributed by atoms with Crippen molar-refractivity contribution in [1.29, 1.82) is 0 Å². The molecule has 0 spiro atoms. The zero-order chi connectivity index (χ0) is 83.0. The van der Waals surface area contributed by atoms with Gasteiger partial charge in [0.05, 0.1) is 103 Å². The predicted molar refractivity (Wildman–Crippen MR) is 503 cm³/mol. The van der Waals surface area contributed by atoms with Crippen LogP contribution in [-0.2, 0) is 0 Å². The van der Waals surface area contributed by atoms with E-state index < -0.39 is 23.0 Å². The summed E-state index contributed by atoms with van der Waals surface area (Å²) in [6, 6.07) is 122. The maximum absolute atomic E-state index is 7.72. The van der Waals surface area contributed by atoms with Crippen molar-refractivity contribution in [2.24, 2.45) is 13.5 Å². The van der Waals surface area contributed by atoms with Gasteiger partial charge < -0.3 is 27.1 Å². The molecule has 1 aliphatic heterocycles. The Kier molecular flexibility index (Phi) is 16.7. The average Bonchev–Trinajstić information content (AvgIpc) is 1.65. The van der Waals surface area contributed by atoms with Crippen molar-refractivity contribution in [3.63, 3.8) is 0 Å². The first-order chi connectivity index (χ1) is 62.3. The van der Waals surface area contributed by atoms with Crippen molar-refractivity contribution in [2.45, 2.75) is 0 Å². The van der Waals surface area contributed by atoms with Gasteiger partial charge in [-0.3, -0.25) is 27.4 Å². The standard InChI is InChI=1S/C102H66N15O6P3/c1-13-37-85-73(25-1)74-26-2-14-38-86(74)112(85)97-55-49-67(61-103-97)118-124(119-68-50-56-98(104-62-68)113-87-39-15-3-27-75(87)76-28-4-16-40-88(76)113)109-125(120-69-51-57-99(105-63-69)114-89-41-17-5-29-77(89)78-30-6-18-42-90(78)114,121-70-52-58-100(106-64-70)115-91-43-19-7-31-79(91)80-32-8-20-44-92(80)115)111-126(110-124,122-71-53-59-101(107-65-71)116-93-45-21-9-33-81(93)82-34-10-22-46-94(82)116)123-72-54-60-102(108-66-72)117-95-47-23-11-35-83(95)84-36-12-24-48-96(84)117/h1-66H. The predicted octanol–water partition coefficient (Wildman–Crippen LogP) is 27.3. The van der Waals surface area contributed by atoms with Crippen LogP contribution >= 0.6 is 23.0 Å². The Balaban J connectivity index is 0.740. The number of pyridine rings is 6. The molecule has 600 valence electrons.